The number of aromatic hydroxyl groups is 1. The number of hydrogen-bond acceptors (Lipinski definition) is 3. The Morgan fingerprint density at radius 3 is 2.94 bits per heavy atom. The molecule has 1 aliphatic rings. The van der Waals surface area contributed by atoms with E-state index in [1.165, 1.54) is 0 Å². The Bertz CT molecular complexity index is 410. The molecule has 1 aromatic carbocycles. The number of carbonyl (C=O) groups is 1. The fourth-order valence-electron chi connectivity index (χ4n) is 2.04. The number of benzene rings is 1. The van der Waals surface area contributed by atoms with Gasteiger partial charge in [0.1, 0.15) is 5.75 Å². The molecule has 0 saturated carbocycles. The highest BCUT2D eigenvalue weighted by atomic mass is 16.3. The Morgan fingerprint density at radius 1 is 1.35 bits per heavy atom. The maximum Gasteiger partial charge on any atom is 0.257 e. The van der Waals surface area contributed by atoms with Crippen LogP contribution in [0.4, 0.5) is 0 Å². The zero-order chi connectivity index (χ0) is 12.3. The molecule has 0 radical (unpaired) electrons. The molecule has 1 amide bonds. The zero-order valence-electron chi connectivity index (χ0n) is 10.1. The summed E-state index contributed by atoms with van der Waals surface area (Å²) in [6, 6.07) is 5.18. The highest BCUT2D eigenvalue weighted by Gasteiger charge is 2.19. The molecule has 4 heteroatoms. The van der Waals surface area contributed by atoms with Gasteiger partial charge in [-0.15, -0.1) is 0 Å². The normalized spacial score (nSPS) is 16.6. The van der Waals surface area contributed by atoms with Crippen LogP contribution in [0.1, 0.15) is 22.3 Å². The first kappa shape index (κ1) is 11.9. The average Bonchev–Trinajstić information content (AvgIpc) is 2.56. The fraction of sp³-hybridized carbons (Fsp3) is 0.462. The van der Waals surface area contributed by atoms with Crippen LogP contribution in [0.3, 0.4) is 0 Å². The van der Waals surface area contributed by atoms with Gasteiger partial charge in [-0.3, -0.25) is 4.79 Å². The lowest BCUT2D eigenvalue weighted by molar-refractivity contribution is 0.0763. The molecule has 0 bridgehead atoms. The van der Waals surface area contributed by atoms with Crippen molar-refractivity contribution in [2.45, 2.75) is 13.3 Å². The summed E-state index contributed by atoms with van der Waals surface area (Å²) in [5.41, 5.74) is 1.36. The minimum absolute atomic E-state index is 0.0761. The van der Waals surface area contributed by atoms with Crippen LogP contribution in [-0.2, 0) is 0 Å². The molecule has 2 rings (SSSR count). The summed E-state index contributed by atoms with van der Waals surface area (Å²) in [7, 11) is 0. The number of hydrogen-bond donors (Lipinski definition) is 2. The van der Waals surface area contributed by atoms with Gasteiger partial charge in [0.2, 0.25) is 0 Å². The lowest BCUT2D eigenvalue weighted by Crippen LogP contribution is -2.34. The molecular formula is C13H18N2O2. The van der Waals surface area contributed by atoms with Crippen LogP contribution in [0.5, 0.6) is 5.75 Å². The van der Waals surface area contributed by atoms with Crippen LogP contribution in [0.25, 0.3) is 0 Å². The van der Waals surface area contributed by atoms with Crippen LogP contribution in [-0.4, -0.2) is 42.1 Å². The van der Waals surface area contributed by atoms with E-state index in [1.807, 2.05) is 13.0 Å². The molecule has 92 valence electrons. The third-order valence-electron chi connectivity index (χ3n) is 3.01. The van der Waals surface area contributed by atoms with Crippen molar-refractivity contribution in [3.8, 4) is 5.75 Å². The fourth-order valence-corrected chi connectivity index (χ4v) is 2.04. The lowest BCUT2D eigenvalue weighted by Gasteiger charge is -2.20. The van der Waals surface area contributed by atoms with Gasteiger partial charge in [-0.25, -0.2) is 0 Å². The lowest BCUT2D eigenvalue weighted by atomic mass is 10.1. The van der Waals surface area contributed by atoms with Crippen molar-refractivity contribution in [2.75, 3.05) is 26.2 Å². The van der Waals surface area contributed by atoms with Crippen LogP contribution < -0.4 is 5.32 Å². The maximum atomic E-state index is 12.2. The van der Waals surface area contributed by atoms with E-state index in [-0.39, 0.29) is 11.7 Å². The van der Waals surface area contributed by atoms with E-state index >= 15 is 0 Å². The minimum atomic E-state index is -0.0776. The van der Waals surface area contributed by atoms with Crippen LogP contribution in [0, 0.1) is 6.92 Å². The highest BCUT2D eigenvalue weighted by Crippen LogP contribution is 2.20. The van der Waals surface area contributed by atoms with Crippen molar-refractivity contribution in [1.29, 1.82) is 0 Å². The van der Waals surface area contributed by atoms with Crippen molar-refractivity contribution < 1.29 is 9.90 Å². The number of carbonyl (C=O) groups excluding carboxylic acids is 1. The topological polar surface area (TPSA) is 52.6 Å². The molecule has 2 N–H and O–H groups in total. The first-order valence-corrected chi connectivity index (χ1v) is 5.98. The first-order valence-electron chi connectivity index (χ1n) is 5.98. The number of rotatable bonds is 1. The first-order chi connectivity index (χ1) is 8.18. The molecule has 1 aliphatic heterocycles. The summed E-state index contributed by atoms with van der Waals surface area (Å²) in [5.74, 6) is -0.00148. The van der Waals surface area contributed by atoms with E-state index in [1.54, 1.807) is 17.0 Å². The molecule has 4 nitrogen and oxygen atoms in total. The highest BCUT2D eigenvalue weighted by molar-refractivity contribution is 5.96. The standard InChI is InChI=1S/C13H18N2O2/c1-10-3-4-11(12(16)9-10)13(17)15-7-2-5-14-6-8-15/h3-4,9,14,16H,2,5-8H2,1H3. The minimum Gasteiger partial charge on any atom is -0.507 e. The second-order valence-corrected chi connectivity index (χ2v) is 4.42. The van der Waals surface area contributed by atoms with Gasteiger partial charge in [0.25, 0.3) is 5.91 Å². The summed E-state index contributed by atoms with van der Waals surface area (Å²) < 4.78 is 0. The summed E-state index contributed by atoms with van der Waals surface area (Å²) in [6.07, 6.45) is 0.957. The Labute approximate surface area is 101 Å². The Balaban J connectivity index is 2.17. The summed E-state index contributed by atoms with van der Waals surface area (Å²) in [5, 5.41) is 13.1. The van der Waals surface area contributed by atoms with Gasteiger partial charge in [-0.05, 0) is 37.6 Å². The largest absolute Gasteiger partial charge is 0.507 e. The third kappa shape index (κ3) is 2.77. The molecule has 0 atom stereocenters. The molecular weight excluding hydrogens is 216 g/mol. The van der Waals surface area contributed by atoms with E-state index in [2.05, 4.69) is 5.32 Å². The number of phenolic OH excluding ortho intramolecular Hbond substituents is 1. The van der Waals surface area contributed by atoms with E-state index in [9.17, 15) is 9.90 Å². The molecule has 1 saturated heterocycles. The van der Waals surface area contributed by atoms with Gasteiger partial charge < -0.3 is 15.3 Å². The van der Waals surface area contributed by atoms with Gasteiger partial charge in [0.15, 0.2) is 0 Å². The zero-order valence-corrected chi connectivity index (χ0v) is 10.1. The average molecular weight is 234 g/mol. The molecule has 0 aliphatic carbocycles. The van der Waals surface area contributed by atoms with Crippen molar-refractivity contribution in [3.63, 3.8) is 0 Å². The second-order valence-electron chi connectivity index (χ2n) is 4.42. The molecule has 1 fully saturated rings. The van der Waals surface area contributed by atoms with E-state index < -0.39 is 0 Å². The van der Waals surface area contributed by atoms with Crippen LogP contribution in [0.15, 0.2) is 18.2 Å². The molecule has 0 unspecified atom stereocenters. The Hall–Kier alpha value is -1.55. The number of nitrogens with one attached hydrogen (secondary N) is 1. The van der Waals surface area contributed by atoms with Gasteiger partial charge in [-0.2, -0.15) is 0 Å². The predicted molar refractivity (Wildman–Crippen MR) is 66.2 cm³/mol. The van der Waals surface area contributed by atoms with Crippen LogP contribution in [0.2, 0.25) is 0 Å². The summed E-state index contributed by atoms with van der Waals surface area (Å²) >= 11 is 0. The number of phenols is 1. The summed E-state index contributed by atoms with van der Waals surface area (Å²) in [4.78, 5) is 14.0. The van der Waals surface area contributed by atoms with Crippen molar-refractivity contribution in [2.24, 2.45) is 0 Å². The SMILES string of the molecule is Cc1ccc(C(=O)N2CCCNCC2)c(O)c1. The van der Waals surface area contributed by atoms with Gasteiger partial charge >= 0.3 is 0 Å². The van der Waals surface area contributed by atoms with Crippen molar-refractivity contribution in [3.05, 3.63) is 29.3 Å². The predicted octanol–water partition coefficient (Wildman–Crippen LogP) is 1.14. The van der Waals surface area contributed by atoms with Gasteiger partial charge in [0, 0.05) is 19.6 Å². The van der Waals surface area contributed by atoms with Gasteiger partial charge in [0.05, 0.1) is 5.56 Å². The Kier molecular flexibility index (Phi) is 3.64. The van der Waals surface area contributed by atoms with Gasteiger partial charge in [-0.1, -0.05) is 6.07 Å². The van der Waals surface area contributed by atoms with E-state index in [4.69, 9.17) is 0 Å². The molecule has 0 spiro atoms. The molecule has 17 heavy (non-hydrogen) atoms. The number of nitrogens with zero attached hydrogens (tertiary/aromatic N) is 1. The second kappa shape index (κ2) is 5.19. The summed E-state index contributed by atoms with van der Waals surface area (Å²) in [6.45, 7) is 5.11. The molecule has 0 aromatic heterocycles. The van der Waals surface area contributed by atoms with Crippen molar-refractivity contribution in [1.82, 2.24) is 10.2 Å². The molecule has 1 heterocycles. The van der Waals surface area contributed by atoms with E-state index in [0.29, 0.717) is 12.1 Å². The number of amides is 1. The quantitative estimate of drug-likeness (QED) is 0.766. The molecule has 1 aromatic rings. The van der Waals surface area contributed by atoms with Crippen LogP contribution >= 0.6 is 0 Å². The smallest absolute Gasteiger partial charge is 0.257 e. The Morgan fingerprint density at radius 2 is 2.18 bits per heavy atom. The monoisotopic (exact) mass is 234 g/mol. The maximum absolute atomic E-state index is 12.2. The third-order valence-corrected chi connectivity index (χ3v) is 3.01. The number of aryl methyl sites for hydroxylation is 1. The van der Waals surface area contributed by atoms with Crippen molar-refractivity contribution >= 4 is 5.91 Å². The van der Waals surface area contributed by atoms with E-state index in [0.717, 1.165) is 31.6 Å².